The number of hydrogen-bond acceptors (Lipinski definition) is 3. The number of anilines is 1. The van der Waals surface area contributed by atoms with Gasteiger partial charge in [-0.3, -0.25) is 4.79 Å². The minimum absolute atomic E-state index is 0.0935. The second-order valence-electron chi connectivity index (χ2n) is 4.68. The number of ketones is 1. The van der Waals surface area contributed by atoms with Crippen molar-refractivity contribution in [3.8, 4) is 0 Å². The Morgan fingerprint density at radius 2 is 2.06 bits per heavy atom. The van der Waals surface area contributed by atoms with Gasteiger partial charge in [0.1, 0.15) is 0 Å². The highest BCUT2D eigenvalue weighted by Gasteiger charge is 2.20. The molecule has 18 heavy (non-hydrogen) atoms. The molecule has 0 amide bonds. The molecule has 3 nitrogen and oxygen atoms in total. The maximum Gasteiger partial charge on any atom is 0.159 e. The van der Waals surface area contributed by atoms with Crippen LogP contribution in [0.2, 0.25) is 0 Å². The molecule has 0 spiro atoms. The van der Waals surface area contributed by atoms with Crippen LogP contribution in [0.25, 0.3) is 0 Å². The maximum atomic E-state index is 11.3. The van der Waals surface area contributed by atoms with Gasteiger partial charge < -0.3 is 9.64 Å². The lowest BCUT2D eigenvalue weighted by molar-refractivity contribution is 0.0854. The predicted molar refractivity (Wildman–Crippen MR) is 76.4 cm³/mol. The third kappa shape index (κ3) is 2.93. The summed E-state index contributed by atoms with van der Waals surface area (Å²) in [4.78, 5) is 13.6. The van der Waals surface area contributed by atoms with Crippen molar-refractivity contribution in [2.75, 3.05) is 25.2 Å². The summed E-state index contributed by atoms with van der Waals surface area (Å²) in [6.45, 7) is 3.25. The summed E-state index contributed by atoms with van der Waals surface area (Å²) < 4.78 is 6.36. The van der Waals surface area contributed by atoms with Crippen molar-refractivity contribution in [3.63, 3.8) is 0 Å². The zero-order chi connectivity index (χ0) is 13.1. The van der Waals surface area contributed by atoms with Crippen LogP contribution in [0.1, 0.15) is 30.1 Å². The summed E-state index contributed by atoms with van der Waals surface area (Å²) in [5.74, 6) is 0.0935. The molecule has 0 N–H and O–H groups in total. The highest BCUT2D eigenvalue weighted by Crippen LogP contribution is 2.30. The molecule has 1 aromatic carbocycles. The molecule has 0 aliphatic carbocycles. The number of carbonyl (C=O) groups is 1. The van der Waals surface area contributed by atoms with Crippen molar-refractivity contribution in [1.29, 1.82) is 0 Å². The van der Waals surface area contributed by atoms with Crippen molar-refractivity contribution in [2.24, 2.45) is 0 Å². The van der Waals surface area contributed by atoms with Gasteiger partial charge in [-0.1, -0.05) is 0 Å². The molecule has 1 aliphatic heterocycles. The van der Waals surface area contributed by atoms with E-state index in [9.17, 15) is 4.79 Å². The molecule has 98 valence electrons. The quantitative estimate of drug-likeness (QED) is 0.802. The monoisotopic (exact) mass is 311 g/mol. The Balaban J connectivity index is 2.19. The van der Waals surface area contributed by atoms with Crippen LogP contribution < -0.4 is 4.90 Å². The number of carbonyl (C=O) groups excluding carboxylic acids is 1. The van der Waals surface area contributed by atoms with Crippen LogP contribution in [0.5, 0.6) is 0 Å². The Kier molecular flexibility index (Phi) is 4.40. The Bertz CT molecular complexity index is 441. The van der Waals surface area contributed by atoms with Gasteiger partial charge in [-0.25, -0.2) is 0 Å². The fourth-order valence-corrected chi connectivity index (χ4v) is 2.94. The SMILES string of the molecule is CC(=O)c1ccc(N(C)C2CCOCC2)c(Br)c1. The van der Waals surface area contributed by atoms with E-state index in [0.29, 0.717) is 6.04 Å². The van der Waals surface area contributed by atoms with Crippen molar-refractivity contribution < 1.29 is 9.53 Å². The second kappa shape index (κ2) is 5.85. The molecule has 1 aliphatic rings. The zero-order valence-electron chi connectivity index (χ0n) is 10.8. The van der Waals surface area contributed by atoms with Gasteiger partial charge in [-0.05, 0) is 53.9 Å². The number of Topliss-reactive ketones (excluding diaryl/α,β-unsaturated/α-hetero) is 1. The highest BCUT2D eigenvalue weighted by atomic mass is 79.9. The zero-order valence-corrected chi connectivity index (χ0v) is 12.4. The molecule has 0 aromatic heterocycles. The van der Waals surface area contributed by atoms with Crippen molar-refractivity contribution >= 4 is 27.4 Å². The summed E-state index contributed by atoms with van der Waals surface area (Å²) in [6, 6.07) is 6.31. The lowest BCUT2D eigenvalue weighted by Gasteiger charge is -2.33. The number of hydrogen-bond donors (Lipinski definition) is 0. The van der Waals surface area contributed by atoms with E-state index >= 15 is 0 Å². The Morgan fingerprint density at radius 1 is 1.39 bits per heavy atom. The summed E-state index contributed by atoms with van der Waals surface area (Å²) >= 11 is 3.56. The molecule has 0 saturated carbocycles. The number of benzene rings is 1. The topological polar surface area (TPSA) is 29.5 Å². The van der Waals surface area contributed by atoms with Crippen LogP contribution in [0.4, 0.5) is 5.69 Å². The van der Waals surface area contributed by atoms with E-state index < -0.39 is 0 Å². The van der Waals surface area contributed by atoms with Crippen LogP contribution in [0.3, 0.4) is 0 Å². The summed E-state index contributed by atoms with van der Waals surface area (Å²) in [5, 5.41) is 0. The van der Waals surface area contributed by atoms with E-state index in [1.165, 1.54) is 0 Å². The molecule has 1 fully saturated rings. The molecule has 0 unspecified atom stereocenters. The van der Waals surface area contributed by atoms with E-state index in [1.54, 1.807) is 6.92 Å². The number of ether oxygens (including phenoxy) is 1. The van der Waals surface area contributed by atoms with Gasteiger partial charge in [0.15, 0.2) is 5.78 Å². The van der Waals surface area contributed by atoms with Gasteiger partial charge in [-0.15, -0.1) is 0 Å². The Labute approximate surface area is 116 Å². The molecule has 0 bridgehead atoms. The van der Waals surface area contributed by atoms with Crippen LogP contribution in [0.15, 0.2) is 22.7 Å². The van der Waals surface area contributed by atoms with Crippen molar-refractivity contribution in [2.45, 2.75) is 25.8 Å². The van der Waals surface area contributed by atoms with E-state index in [1.807, 2.05) is 18.2 Å². The molecule has 0 atom stereocenters. The molecule has 1 aromatic rings. The number of rotatable bonds is 3. The molecular weight excluding hydrogens is 294 g/mol. The highest BCUT2D eigenvalue weighted by molar-refractivity contribution is 9.10. The smallest absolute Gasteiger partial charge is 0.159 e. The maximum absolute atomic E-state index is 11.3. The Hall–Kier alpha value is -0.870. The van der Waals surface area contributed by atoms with Gasteiger partial charge >= 0.3 is 0 Å². The van der Waals surface area contributed by atoms with Gasteiger partial charge in [0.2, 0.25) is 0 Å². The first-order chi connectivity index (χ1) is 8.59. The molecule has 1 saturated heterocycles. The predicted octanol–water partition coefficient (Wildman–Crippen LogP) is 3.27. The fraction of sp³-hybridized carbons (Fsp3) is 0.500. The molecule has 2 rings (SSSR count). The summed E-state index contributed by atoms with van der Waals surface area (Å²) in [7, 11) is 2.10. The lowest BCUT2D eigenvalue weighted by atomic mass is 10.1. The Morgan fingerprint density at radius 3 is 2.61 bits per heavy atom. The molecule has 0 radical (unpaired) electrons. The van der Waals surface area contributed by atoms with Crippen LogP contribution in [-0.2, 0) is 4.74 Å². The van der Waals surface area contributed by atoms with Gasteiger partial charge in [-0.2, -0.15) is 0 Å². The van der Waals surface area contributed by atoms with E-state index in [-0.39, 0.29) is 5.78 Å². The fourth-order valence-electron chi connectivity index (χ4n) is 2.28. The average molecular weight is 312 g/mol. The van der Waals surface area contributed by atoms with Crippen molar-refractivity contribution in [1.82, 2.24) is 0 Å². The second-order valence-corrected chi connectivity index (χ2v) is 5.53. The van der Waals surface area contributed by atoms with Crippen molar-refractivity contribution in [3.05, 3.63) is 28.2 Å². The van der Waals surface area contributed by atoms with E-state index in [4.69, 9.17) is 4.74 Å². The molecular formula is C14H18BrNO2. The third-order valence-corrected chi connectivity index (χ3v) is 4.11. The average Bonchev–Trinajstić information content (AvgIpc) is 2.38. The first kappa shape index (κ1) is 13.6. The van der Waals surface area contributed by atoms with E-state index in [0.717, 1.165) is 41.8 Å². The standard InChI is InChI=1S/C14H18BrNO2/c1-10(17)11-3-4-14(13(15)9-11)16(2)12-5-7-18-8-6-12/h3-4,9,12H,5-8H2,1-2H3. The molecule has 1 heterocycles. The minimum Gasteiger partial charge on any atom is -0.381 e. The summed E-state index contributed by atoms with van der Waals surface area (Å²) in [5.41, 5.74) is 1.87. The van der Waals surface area contributed by atoms with Crippen LogP contribution >= 0.6 is 15.9 Å². The molecule has 4 heteroatoms. The number of nitrogens with zero attached hydrogens (tertiary/aromatic N) is 1. The largest absolute Gasteiger partial charge is 0.381 e. The normalized spacial score (nSPS) is 16.6. The lowest BCUT2D eigenvalue weighted by Crippen LogP contribution is -2.36. The summed E-state index contributed by atoms with van der Waals surface area (Å²) in [6.07, 6.45) is 2.11. The van der Waals surface area contributed by atoms with Crippen LogP contribution in [-0.4, -0.2) is 32.1 Å². The third-order valence-electron chi connectivity index (χ3n) is 3.47. The van der Waals surface area contributed by atoms with Gasteiger partial charge in [0.05, 0.1) is 5.69 Å². The minimum atomic E-state index is 0.0935. The first-order valence-electron chi connectivity index (χ1n) is 6.20. The first-order valence-corrected chi connectivity index (χ1v) is 7.00. The van der Waals surface area contributed by atoms with Gasteiger partial charge in [0, 0.05) is 36.3 Å². The van der Waals surface area contributed by atoms with E-state index in [2.05, 4.69) is 27.9 Å². The van der Waals surface area contributed by atoms with Gasteiger partial charge in [0.25, 0.3) is 0 Å². The van der Waals surface area contributed by atoms with Crippen LogP contribution in [0, 0.1) is 0 Å². The number of halogens is 1.